The van der Waals surface area contributed by atoms with E-state index in [-0.39, 0.29) is 24.8 Å². The van der Waals surface area contributed by atoms with Gasteiger partial charge in [0.05, 0.1) is 0 Å². The molecule has 0 radical (unpaired) electrons. The van der Waals surface area contributed by atoms with Crippen LogP contribution >= 0.6 is 11.1 Å². The standard InChI is InChI=1S/C11H16ClSi.C9H11.2ClH.Zr/c1-13(2,12)11-8-7-9-5-3-4-6-10(9)11;1-2-5-9-7-3-6-8(9)4-1;;;/h3-6,8-11H,7H2,1-2H3;1-2,4-6,8-9H,3,7H2;2*1H;/q;;;;+2/p-2. The van der Waals surface area contributed by atoms with Crippen LogP contribution in [-0.4, -0.2) is 7.38 Å². The summed E-state index contributed by atoms with van der Waals surface area (Å²) in [4.78, 5) is 0. The summed E-state index contributed by atoms with van der Waals surface area (Å²) in [6, 6.07) is 0. The Balaban J connectivity index is 0.00000113. The maximum atomic E-state index is 7.06. The van der Waals surface area contributed by atoms with Crippen molar-refractivity contribution in [1.82, 2.24) is 0 Å². The molecule has 0 bridgehead atoms. The van der Waals surface area contributed by atoms with Gasteiger partial charge in [0.15, 0.2) is 0 Å². The molecule has 2 saturated carbocycles. The van der Waals surface area contributed by atoms with Crippen molar-refractivity contribution >= 4 is 18.5 Å². The van der Waals surface area contributed by atoms with Crippen molar-refractivity contribution in [2.24, 2.45) is 23.7 Å². The molecule has 5 heteroatoms. The fourth-order valence-corrected chi connectivity index (χ4v) is 18.9. The van der Waals surface area contributed by atoms with Gasteiger partial charge in [0.2, 0.25) is 0 Å². The molecule has 4 aliphatic rings. The molecular weight excluding hydrogens is 466 g/mol. The van der Waals surface area contributed by atoms with Gasteiger partial charge in [-0.1, -0.05) is 0 Å². The number of rotatable bonds is 3. The Labute approximate surface area is 182 Å². The molecule has 0 heterocycles. The summed E-state index contributed by atoms with van der Waals surface area (Å²) < 4.78 is 2.06. The number of fused-ring (bicyclic) bond motifs is 2. The molecule has 0 aromatic heterocycles. The smallest absolute Gasteiger partial charge is 1.00 e. The molecule has 0 aromatic carbocycles. The number of allylic oxidation sites excluding steroid dienone is 8. The van der Waals surface area contributed by atoms with Crippen molar-refractivity contribution < 1.29 is 48.0 Å². The third-order valence-corrected chi connectivity index (χ3v) is 15.6. The van der Waals surface area contributed by atoms with Crippen LogP contribution in [0.1, 0.15) is 19.3 Å². The van der Waals surface area contributed by atoms with Crippen LogP contribution in [0, 0.1) is 23.7 Å². The number of hydrogen-bond acceptors (Lipinski definition) is 0. The van der Waals surface area contributed by atoms with Crippen LogP contribution in [-0.2, 0) is 23.2 Å². The van der Waals surface area contributed by atoms with Gasteiger partial charge in [0, 0.05) is 0 Å². The Hall–Kier alpha value is 0.930. The van der Waals surface area contributed by atoms with Crippen LogP contribution in [0.15, 0.2) is 48.6 Å². The third kappa shape index (κ3) is 4.51. The Morgan fingerprint density at radius 2 is 1.40 bits per heavy atom. The van der Waals surface area contributed by atoms with Crippen molar-refractivity contribution in [3.8, 4) is 0 Å². The monoisotopic (exact) mass is 490 g/mol. The van der Waals surface area contributed by atoms with E-state index in [1.54, 1.807) is 0 Å². The second-order valence-corrected chi connectivity index (χ2v) is 19.5. The van der Waals surface area contributed by atoms with Gasteiger partial charge in [-0.15, -0.1) is 0 Å². The Bertz CT molecular complexity index is 578. The molecule has 136 valence electrons. The summed E-state index contributed by atoms with van der Waals surface area (Å²) >= 11 is 6.64. The predicted octanol–water partition coefficient (Wildman–Crippen LogP) is 0.382. The average molecular weight is 493 g/mol. The SMILES string of the molecule is C[Si](C)(Cl)C1[CH]([Zr+2][CH]2CCC3C=CC=CC32)CC2C=CC=CC21.[Cl-].[Cl-]. The normalized spacial score (nSPS) is 40.7. The first-order chi connectivity index (χ1) is 11.0. The van der Waals surface area contributed by atoms with Gasteiger partial charge in [-0.2, -0.15) is 0 Å². The molecule has 0 aromatic rings. The summed E-state index contributed by atoms with van der Waals surface area (Å²) in [6.45, 7) is 4.81. The summed E-state index contributed by atoms with van der Waals surface area (Å²) in [7, 11) is -1.61. The van der Waals surface area contributed by atoms with E-state index in [1.165, 1.54) is 19.3 Å². The van der Waals surface area contributed by atoms with E-state index in [4.69, 9.17) is 11.1 Å². The number of halogens is 3. The zero-order chi connectivity index (χ0) is 16.0. The van der Waals surface area contributed by atoms with Crippen molar-refractivity contribution in [3.05, 3.63) is 48.6 Å². The topological polar surface area (TPSA) is 0 Å². The van der Waals surface area contributed by atoms with E-state index in [0.717, 1.165) is 36.5 Å². The molecule has 25 heavy (non-hydrogen) atoms. The van der Waals surface area contributed by atoms with Crippen LogP contribution in [0.3, 0.4) is 0 Å². The molecule has 4 rings (SSSR count). The van der Waals surface area contributed by atoms with Crippen molar-refractivity contribution in [2.45, 2.75) is 45.1 Å². The molecule has 0 spiro atoms. The van der Waals surface area contributed by atoms with Crippen LogP contribution in [0.25, 0.3) is 0 Å². The zero-order valence-electron chi connectivity index (χ0n) is 14.9. The van der Waals surface area contributed by atoms with Crippen LogP contribution in [0.4, 0.5) is 0 Å². The maximum Gasteiger partial charge on any atom is -1.00 e. The van der Waals surface area contributed by atoms with Gasteiger partial charge in [-0.3, -0.25) is 0 Å². The molecule has 4 aliphatic carbocycles. The van der Waals surface area contributed by atoms with E-state index in [9.17, 15) is 0 Å². The van der Waals surface area contributed by atoms with Gasteiger partial charge in [0.25, 0.3) is 0 Å². The van der Waals surface area contributed by atoms with Gasteiger partial charge < -0.3 is 24.8 Å². The molecule has 0 amide bonds. The van der Waals surface area contributed by atoms with Gasteiger partial charge >= 0.3 is 159 Å². The van der Waals surface area contributed by atoms with Crippen LogP contribution in [0.2, 0.25) is 25.9 Å². The first-order valence-electron chi connectivity index (χ1n) is 9.19. The van der Waals surface area contributed by atoms with Crippen LogP contribution < -0.4 is 24.8 Å². The van der Waals surface area contributed by atoms with E-state index < -0.39 is 30.6 Å². The average Bonchev–Trinajstić information content (AvgIpc) is 3.08. The molecule has 2 fully saturated rings. The third-order valence-electron chi connectivity index (χ3n) is 6.46. The van der Waals surface area contributed by atoms with Crippen molar-refractivity contribution in [3.63, 3.8) is 0 Å². The van der Waals surface area contributed by atoms with Crippen molar-refractivity contribution in [2.75, 3.05) is 0 Å². The Morgan fingerprint density at radius 1 is 0.800 bits per heavy atom. The predicted molar refractivity (Wildman–Crippen MR) is 99.0 cm³/mol. The fourth-order valence-electron chi connectivity index (χ4n) is 5.53. The van der Waals surface area contributed by atoms with E-state index in [0.29, 0.717) is 0 Å². The van der Waals surface area contributed by atoms with Crippen LogP contribution in [0.5, 0.6) is 0 Å². The molecule has 0 N–H and O–H groups in total. The van der Waals surface area contributed by atoms with E-state index in [1.807, 2.05) is 0 Å². The summed E-state index contributed by atoms with van der Waals surface area (Å²) in [5.41, 5.74) is 0.823. The molecule has 7 unspecified atom stereocenters. The maximum absolute atomic E-state index is 7.06. The minimum absolute atomic E-state index is 0. The number of hydrogen-bond donors (Lipinski definition) is 0. The fraction of sp³-hybridized carbons (Fsp3) is 0.600. The molecule has 7 atom stereocenters. The molecule has 0 nitrogen and oxygen atoms in total. The minimum Gasteiger partial charge on any atom is -1.00 e. The second-order valence-electron chi connectivity index (χ2n) is 8.30. The largest absolute Gasteiger partial charge is 1.00 e. The minimum atomic E-state index is -1.61. The van der Waals surface area contributed by atoms with E-state index in [2.05, 4.69) is 61.7 Å². The van der Waals surface area contributed by atoms with E-state index >= 15 is 0 Å². The second kappa shape index (κ2) is 8.95. The molecular formula is C20H27Cl3SiZr. The molecule has 0 saturated heterocycles. The first-order valence-corrected chi connectivity index (χ1v) is 16.1. The summed E-state index contributed by atoms with van der Waals surface area (Å²) in [5, 5.41) is 0. The van der Waals surface area contributed by atoms with Gasteiger partial charge in [-0.05, 0) is 0 Å². The van der Waals surface area contributed by atoms with Crippen molar-refractivity contribution in [1.29, 1.82) is 0 Å². The zero-order valence-corrected chi connectivity index (χ0v) is 20.6. The Morgan fingerprint density at radius 3 is 2.08 bits per heavy atom. The summed E-state index contributed by atoms with van der Waals surface area (Å²) in [6.07, 6.45) is 23.5. The van der Waals surface area contributed by atoms with Gasteiger partial charge in [-0.25, -0.2) is 0 Å². The summed E-state index contributed by atoms with van der Waals surface area (Å²) in [5.74, 6) is 3.28. The Kier molecular flexibility index (Phi) is 7.96. The quantitative estimate of drug-likeness (QED) is 0.395. The first kappa shape index (κ1) is 22.2. The molecule has 0 aliphatic heterocycles. The van der Waals surface area contributed by atoms with Gasteiger partial charge in [0.1, 0.15) is 0 Å².